The summed E-state index contributed by atoms with van der Waals surface area (Å²) in [5.74, 6) is 0. The topological polar surface area (TPSA) is 82.5 Å². The first-order valence-electron chi connectivity index (χ1n) is 5.99. The van der Waals surface area contributed by atoms with E-state index in [1.165, 1.54) is 11.8 Å². The molecule has 3 rings (SSSR count). The number of pyridine rings is 1. The molecule has 0 aliphatic carbocycles. The van der Waals surface area contributed by atoms with Gasteiger partial charge in [0.15, 0.2) is 0 Å². The molecule has 0 radical (unpaired) electrons. The van der Waals surface area contributed by atoms with Gasteiger partial charge in [0.1, 0.15) is 5.03 Å². The normalized spacial score (nSPS) is 10.7. The predicted molar refractivity (Wildman–Crippen MR) is 76.7 cm³/mol. The van der Waals surface area contributed by atoms with Crippen LogP contribution in [0.3, 0.4) is 0 Å². The third kappa shape index (κ3) is 2.48. The fraction of sp³-hybridized carbons (Fsp3) is 0.0769. The van der Waals surface area contributed by atoms with Gasteiger partial charge in [0.25, 0.3) is 0 Å². The molecule has 0 saturated carbocycles. The standard InChI is InChI=1S/C13H12N6S/c1-9-11(14)7-8-12(15-9)20-13-16-17-18-19(13)10-5-3-2-4-6-10/h2-8H,14H2,1H3. The van der Waals surface area contributed by atoms with Crippen LogP contribution in [-0.2, 0) is 0 Å². The number of nitrogen functional groups attached to an aromatic ring is 1. The molecule has 0 unspecified atom stereocenters. The van der Waals surface area contributed by atoms with Crippen molar-refractivity contribution in [2.24, 2.45) is 0 Å². The highest BCUT2D eigenvalue weighted by Gasteiger charge is 2.11. The van der Waals surface area contributed by atoms with E-state index in [1.807, 2.05) is 49.4 Å². The van der Waals surface area contributed by atoms with Gasteiger partial charge in [0.2, 0.25) is 5.16 Å². The van der Waals surface area contributed by atoms with Crippen LogP contribution in [-0.4, -0.2) is 25.2 Å². The van der Waals surface area contributed by atoms with Crippen molar-refractivity contribution in [3.63, 3.8) is 0 Å². The Bertz CT molecular complexity index is 725. The molecule has 0 saturated heterocycles. The number of para-hydroxylation sites is 1. The van der Waals surface area contributed by atoms with Crippen molar-refractivity contribution in [1.29, 1.82) is 0 Å². The zero-order valence-corrected chi connectivity index (χ0v) is 11.6. The Morgan fingerprint density at radius 2 is 1.90 bits per heavy atom. The minimum absolute atomic E-state index is 0.660. The van der Waals surface area contributed by atoms with Crippen LogP contribution in [0.15, 0.2) is 52.6 Å². The molecule has 2 aromatic heterocycles. The first kappa shape index (κ1) is 12.6. The highest BCUT2D eigenvalue weighted by molar-refractivity contribution is 7.99. The fourth-order valence-electron chi connectivity index (χ4n) is 1.67. The van der Waals surface area contributed by atoms with Crippen molar-refractivity contribution in [1.82, 2.24) is 25.2 Å². The lowest BCUT2D eigenvalue weighted by atomic mass is 10.3. The fourth-order valence-corrected chi connectivity index (χ4v) is 2.48. The Hall–Kier alpha value is -2.41. The highest BCUT2D eigenvalue weighted by Crippen LogP contribution is 2.26. The van der Waals surface area contributed by atoms with E-state index < -0.39 is 0 Å². The third-order valence-corrected chi connectivity index (χ3v) is 3.61. The van der Waals surface area contributed by atoms with Gasteiger partial charge in [-0.2, -0.15) is 4.68 Å². The number of aryl methyl sites for hydroxylation is 1. The molecule has 20 heavy (non-hydrogen) atoms. The van der Waals surface area contributed by atoms with Crippen LogP contribution in [0, 0.1) is 6.92 Å². The average Bonchev–Trinajstić information content (AvgIpc) is 2.92. The van der Waals surface area contributed by atoms with E-state index in [1.54, 1.807) is 4.68 Å². The minimum atomic E-state index is 0.660. The van der Waals surface area contributed by atoms with Crippen LogP contribution in [0.2, 0.25) is 0 Å². The van der Waals surface area contributed by atoms with Gasteiger partial charge in [-0.3, -0.25) is 0 Å². The lowest BCUT2D eigenvalue weighted by molar-refractivity contribution is 0.756. The predicted octanol–water partition coefficient (Wildman–Crippen LogP) is 2.10. The van der Waals surface area contributed by atoms with E-state index in [-0.39, 0.29) is 0 Å². The largest absolute Gasteiger partial charge is 0.397 e. The second-order valence-corrected chi connectivity index (χ2v) is 5.12. The molecule has 1 aromatic carbocycles. The lowest BCUT2D eigenvalue weighted by Crippen LogP contribution is -1.99. The van der Waals surface area contributed by atoms with E-state index >= 15 is 0 Å². The Balaban J connectivity index is 1.92. The van der Waals surface area contributed by atoms with Crippen molar-refractivity contribution in [2.45, 2.75) is 17.1 Å². The van der Waals surface area contributed by atoms with Gasteiger partial charge in [-0.1, -0.05) is 18.2 Å². The van der Waals surface area contributed by atoms with Crippen molar-refractivity contribution in [2.75, 3.05) is 5.73 Å². The lowest BCUT2D eigenvalue weighted by Gasteiger charge is -2.05. The Morgan fingerprint density at radius 1 is 1.10 bits per heavy atom. The summed E-state index contributed by atoms with van der Waals surface area (Å²) in [6.07, 6.45) is 0. The van der Waals surface area contributed by atoms with E-state index in [4.69, 9.17) is 5.73 Å². The molecule has 0 fully saturated rings. The number of aromatic nitrogens is 5. The number of nitrogens with two attached hydrogens (primary N) is 1. The van der Waals surface area contributed by atoms with Crippen LogP contribution >= 0.6 is 11.8 Å². The van der Waals surface area contributed by atoms with Gasteiger partial charge in [-0.15, -0.1) is 5.10 Å². The number of hydrogen-bond donors (Lipinski definition) is 1. The molecule has 6 nitrogen and oxygen atoms in total. The molecular formula is C13H12N6S. The summed E-state index contributed by atoms with van der Waals surface area (Å²) in [4.78, 5) is 4.41. The molecule has 7 heteroatoms. The van der Waals surface area contributed by atoms with Gasteiger partial charge >= 0.3 is 0 Å². The molecular weight excluding hydrogens is 272 g/mol. The third-order valence-electron chi connectivity index (χ3n) is 2.74. The molecule has 2 N–H and O–H groups in total. The van der Waals surface area contributed by atoms with Crippen LogP contribution in [0.25, 0.3) is 5.69 Å². The maximum absolute atomic E-state index is 5.77. The summed E-state index contributed by atoms with van der Waals surface area (Å²) < 4.78 is 1.68. The summed E-state index contributed by atoms with van der Waals surface area (Å²) in [6, 6.07) is 13.4. The van der Waals surface area contributed by atoms with Crippen LogP contribution in [0.1, 0.15) is 5.69 Å². The molecule has 0 atom stereocenters. The number of tetrazole rings is 1. The quantitative estimate of drug-likeness (QED) is 0.793. The SMILES string of the molecule is Cc1nc(Sc2nnnn2-c2ccccc2)ccc1N. The smallest absolute Gasteiger partial charge is 0.220 e. The Labute approximate surface area is 120 Å². The van der Waals surface area contributed by atoms with Gasteiger partial charge < -0.3 is 5.73 Å². The number of hydrogen-bond acceptors (Lipinski definition) is 6. The Kier molecular flexibility index (Phi) is 3.34. The monoisotopic (exact) mass is 284 g/mol. The maximum atomic E-state index is 5.77. The van der Waals surface area contributed by atoms with Crippen LogP contribution in [0.5, 0.6) is 0 Å². The molecule has 0 aliphatic rings. The molecule has 0 spiro atoms. The molecule has 3 aromatic rings. The van der Waals surface area contributed by atoms with Crippen molar-refractivity contribution >= 4 is 17.4 Å². The number of rotatable bonds is 3. The van der Waals surface area contributed by atoms with Gasteiger partial charge in [0.05, 0.1) is 17.1 Å². The zero-order valence-electron chi connectivity index (χ0n) is 10.8. The summed E-state index contributed by atoms with van der Waals surface area (Å²) in [6.45, 7) is 1.87. The van der Waals surface area contributed by atoms with Crippen LogP contribution < -0.4 is 5.73 Å². The summed E-state index contributed by atoms with van der Waals surface area (Å²) in [7, 11) is 0. The van der Waals surface area contributed by atoms with Gasteiger partial charge in [-0.05, 0) is 53.4 Å². The second-order valence-electron chi connectivity index (χ2n) is 4.14. The van der Waals surface area contributed by atoms with Gasteiger partial charge in [0, 0.05) is 0 Å². The molecule has 0 aliphatic heterocycles. The average molecular weight is 284 g/mol. The summed E-state index contributed by atoms with van der Waals surface area (Å²) in [5.41, 5.74) is 8.15. The number of anilines is 1. The van der Waals surface area contributed by atoms with Crippen LogP contribution in [0.4, 0.5) is 5.69 Å². The highest BCUT2D eigenvalue weighted by atomic mass is 32.2. The molecule has 0 amide bonds. The summed E-state index contributed by atoms with van der Waals surface area (Å²) in [5, 5.41) is 13.2. The minimum Gasteiger partial charge on any atom is -0.397 e. The van der Waals surface area contributed by atoms with Crippen molar-refractivity contribution < 1.29 is 0 Å². The number of nitrogens with zero attached hydrogens (tertiary/aromatic N) is 5. The van der Waals surface area contributed by atoms with E-state index in [0.29, 0.717) is 10.8 Å². The molecule has 100 valence electrons. The van der Waals surface area contributed by atoms with E-state index in [0.717, 1.165) is 16.4 Å². The Morgan fingerprint density at radius 3 is 2.65 bits per heavy atom. The molecule has 0 bridgehead atoms. The number of benzene rings is 1. The molecule has 2 heterocycles. The van der Waals surface area contributed by atoms with Gasteiger partial charge in [-0.25, -0.2) is 4.98 Å². The van der Waals surface area contributed by atoms with E-state index in [9.17, 15) is 0 Å². The van der Waals surface area contributed by atoms with Crippen molar-refractivity contribution in [3.05, 3.63) is 48.2 Å². The van der Waals surface area contributed by atoms with Crippen molar-refractivity contribution in [3.8, 4) is 5.69 Å². The second kappa shape index (κ2) is 5.30. The zero-order chi connectivity index (χ0) is 13.9. The first-order chi connectivity index (χ1) is 9.74. The maximum Gasteiger partial charge on any atom is 0.220 e. The summed E-state index contributed by atoms with van der Waals surface area (Å²) >= 11 is 1.40. The van der Waals surface area contributed by atoms with E-state index in [2.05, 4.69) is 20.5 Å². The first-order valence-corrected chi connectivity index (χ1v) is 6.80.